The highest BCUT2D eigenvalue weighted by atomic mass is 127. The predicted octanol–water partition coefficient (Wildman–Crippen LogP) is 3.32. The molecule has 1 aromatic carbocycles. The maximum Gasteiger partial charge on any atom is 0.152 e. The molecule has 0 radical (unpaired) electrons. The van der Waals surface area contributed by atoms with Crippen molar-refractivity contribution in [2.75, 3.05) is 0 Å². The molecule has 3 heteroatoms. The van der Waals surface area contributed by atoms with Gasteiger partial charge in [0.15, 0.2) is 6.29 Å². The van der Waals surface area contributed by atoms with Gasteiger partial charge in [0, 0.05) is 13.8 Å². The highest BCUT2D eigenvalue weighted by molar-refractivity contribution is 14.1. The third-order valence-electron chi connectivity index (χ3n) is 1.72. The van der Waals surface area contributed by atoms with Crippen molar-refractivity contribution in [3.63, 3.8) is 0 Å². The average Bonchev–Trinajstić information content (AvgIpc) is 2.52. The molecule has 0 atom stereocenters. The number of hydrogen-bond acceptors (Lipinski definition) is 2. The molecule has 1 nitrogen and oxygen atoms in total. The summed E-state index contributed by atoms with van der Waals surface area (Å²) in [5.41, 5.74) is 0.822. The number of thiophene rings is 1. The lowest BCUT2D eigenvalue weighted by atomic mass is 10.2. The molecule has 0 saturated carbocycles. The van der Waals surface area contributed by atoms with E-state index in [2.05, 4.69) is 22.6 Å². The molecule has 0 fully saturated rings. The van der Waals surface area contributed by atoms with Crippen LogP contribution in [0.2, 0.25) is 0 Å². The van der Waals surface area contributed by atoms with Crippen LogP contribution in [-0.4, -0.2) is 6.29 Å². The molecule has 0 spiro atoms. The zero-order valence-electron chi connectivity index (χ0n) is 6.08. The van der Waals surface area contributed by atoms with E-state index in [1.54, 1.807) is 11.3 Å². The molecule has 0 N–H and O–H groups in total. The number of aldehydes is 1. The van der Waals surface area contributed by atoms with Gasteiger partial charge in [0.25, 0.3) is 0 Å². The third-order valence-corrected chi connectivity index (χ3v) is 3.63. The second-order valence-electron chi connectivity index (χ2n) is 2.42. The molecule has 1 aromatic heterocycles. The lowest BCUT2D eigenvalue weighted by molar-refractivity contribution is 0.112. The van der Waals surface area contributed by atoms with Gasteiger partial charge in [-0.2, -0.15) is 0 Å². The van der Waals surface area contributed by atoms with Crippen molar-refractivity contribution in [2.45, 2.75) is 0 Å². The molecule has 2 rings (SSSR count). The van der Waals surface area contributed by atoms with Crippen LogP contribution >= 0.6 is 33.9 Å². The maximum absolute atomic E-state index is 10.7. The second-order valence-corrected chi connectivity index (χ2v) is 4.50. The number of carbonyl (C=O) groups is 1. The topological polar surface area (TPSA) is 17.1 Å². The Kier molecular flexibility index (Phi) is 2.14. The quantitative estimate of drug-likeness (QED) is 0.581. The van der Waals surface area contributed by atoms with Gasteiger partial charge in [0.2, 0.25) is 0 Å². The van der Waals surface area contributed by atoms with Crippen LogP contribution in [0.5, 0.6) is 0 Å². The summed E-state index contributed by atoms with van der Waals surface area (Å²) in [5.74, 6) is 0. The van der Waals surface area contributed by atoms with Crippen molar-refractivity contribution in [3.05, 3.63) is 32.7 Å². The Morgan fingerprint density at radius 1 is 1.33 bits per heavy atom. The van der Waals surface area contributed by atoms with E-state index in [1.165, 1.54) is 0 Å². The first-order valence-corrected chi connectivity index (χ1v) is 5.39. The summed E-state index contributed by atoms with van der Waals surface area (Å²) in [5, 5.41) is 3.16. The fourth-order valence-corrected chi connectivity index (χ4v) is 2.81. The highest BCUT2D eigenvalue weighted by Crippen LogP contribution is 2.26. The normalized spacial score (nSPS) is 10.4. The molecule has 0 bridgehead atoms. The van der Waals surface area contributed by atoms with E-state index in [0.717, 1.165) is 25.5 Å². The van der Waals surface area contributed by atoms with Crippen LogP contribution in [0.1, 0.15) is 10.4 Å². The lowest BCUT2D eigenvalue weighted by Crippen LogP contribution is -1.84. The molecule has 60 valence electrons. The summed E-state index contributed by atoms with van der Waals surface area (Å²) < 4.78 is 2.12. The van der Waals surface area contributed by atoms with Gasteiger partial charge in [-0.3, -0.25) is 4.79 Å². The van der Waals surface area contributed by atoms with Crippen molar-refractivity contribution < 1.29 is 4.79 Å². The predicted molar refractivity (Wildman–Crippen MR) is 59.9 cm³/mol. The minimum atomic E-state index is 0.822. The Labute approximate surface area is 87.5 Å². The Morgan fingerprint density at radius 3 is 2.92 bits per heavy atom. The standard InChI is InChI=1S/C9H5IOS/c10-8-2-1-6-3-4-12-9(6)7(8)5-11/h1-5H. The van der Waals surface area contributed by atoms with E-state index in [9.17, 15) is 4.79 Å². The van der Waals surface area contributed by atoms with E-state index in [4.69, 9.17) is 0 Å². The van der Waals surface area contributed by atoms with Gasteiger partial charge in [-0.25, -0.2) is 0 Å². The maximum atomic E-state index is 10.7. The largest absolute Gasteiger partial charge is 0.298 e. The third kappa shape index (κ3) is 1.17. The van der Waals surface area contributed by atoms with Crippen LogP contribution < -0.4 is 0 Å². The first kappa shape index (κ1) is 8.19. The Bertz CT molecular complexity index is 433. The molecule has 1 heterocycles. The van der Waals surface area contributed by atoms with Gasteiger partial charge >= 0.3 is 0 Å². The molecule has 0 saturated heterocycles. The van der Waals surface area contributed by atoms with E-state index in [0.29, 0.717) is 0 Å². The molecule has 0 aliphatic heterocycles. The van der Waals surface area contributed by atoms with Crippen molar-refractivity contribution >= 4 is 50.3 Å². The Morgan fingerprint density at radius 2 is 2.17 bits per heavy atom. The summed E-state index contributed by atoms with van der Waals surface area (Å²) in [7, 11) is 0. The van der Waals surface area contributed by atoms with Crippen LogP contribution in [0.15, 0.2) is 23.6 Å². The van der Waals surface area contributed by atoms with Gasteiger partial charge in [-0.1, -0.05) is 6.07 Å². The lowest BCUT2D eigenvalue weighted by Gasteiger charge is -1.96. The van der Waals surface area contributed by atoms with E-state index >= 15 is 0 Å². The minimum Gasteiger partial charge on any atom is -0.298 e. The van der Waals surface area contributed by atoms with E-state index in [1.807, 2.05) is 23.6 Å². The highest BCUT2D eigenvalue weighted by Gasteiger charge is 2.04. The fraction of sp³-hybridized carbons (Fsp3) is 0. The van der Waals surface area contributed by atoms with E-state index in [-0.39, 0.29) is 0 Å². The Hall–Kier alpha value is -0.420. The van der Waals surface area contributed by atoms with Gasteiger partial charge < -0.3 is 0 Å². The van der Waals surface area contributed by atoms with Gasteiger partial charge in [-0.15, -0.1) is 11.3 Å². The smallest absolute Gasteiger partial charge is 0.152 e. The molecular weight excluding hydrogens is 283 g/mol. The average molecular weight is 288 g/mol. The molecule has 0 aliphatic rings. The first-order valence-electron chi connectivity index (χ1n) is 3.44. The summed E-state index contributed by atoms with van der Waals surface area (Å²) >= 11 is 3.80. The number of hydrogen-bond donors (Lipinski definition) is 0. The molecule has 0 aliphatic carbocycles. The number of fused-ring (bicyclic) bond motifs is 1. The Balaban J connectivity index is 2.91. The minimum absolute atomic E-state index is 0.822. The van der Waals surface area contributed by atoms with Crippen molar-refractivity contribution in [1.82, 2.24) is 0 Å². The monoisotopic (exact) mass is 288 g/mol. The summed E-state index contributed by atoms with van der Waals surface area (Å²) in [6.07, 6.45) is 0.931. The number of carbonyl (C=O) groups excluding carboxylic acids is 1. The van der Waals surface area contributed by atoms with Crippen molar-refractivity contribution in [1.29, 1.82) is 0 Å². The van der Waals surface area contributed by atoms with Gasteiger partial charge in [0.1, 0.15) is 0 Å². The number of halogens is 1. The van der Waals surface area contributed by atoms with Gasteiger partial charge in [0.05, 0.1) is 0 Å². The molecule has 0 amide bonds. The van der Waals surface area contributed by atoms with Crippen LogP contribution in [0.4, 0.5) is 0 Å². The summed E-state index contributed by atoms with van der Waals surface area (Å²) in [4.78, 5) is 10.7. The number of benzene rings is 1. The molecule has 12 heavy (non-hydrogen) atoms. The summed E-state index contributed by atoms with van der Waals surface area (Å²) in [6, 6.07) is 6.04. The van der Waals surface area contributed by atoms with E-state index < -0.39 is 0 Å². The molecular formula is C9H5IOS. The molecule has 0 unspecified atom stereocenters. The van der Waals surface area contributed by atoms with Crippen LogP contribution in [0, 0.1) is 3.57 Å². The van der Waals surface area contributed by atoms with Gasteiger partial charge in [-0.05, 0) is 45.5 Å². The molecule has 2 aromatic rings. The second kappa shape index (κ2) is 3.14. The zero-order valence-corrected chi connectivity index (χ0v) is 9.06. The number of rotatable bonds is 1. The SMILES string of the molecule is O=Cc1c(I)ccc2ccsc12. The van der Waals surface area contributed by atoms with Crippen LogP contribution in [0.25, 0.3) is 10.1 Å². The van der Waals surface area contributed by atoms with Crippen molar-refractivity contribution in [2.24, 2.45) is 0 Å². The van der Waals surface area contributed by atoms with Crippen LogP contribution in [0.3, 0.4) is 0 Å². The zero-order chi connectivity index (χ0) is 8.55. The van der Waals surface area contributed by atoms with Crippen molar-refractivity contribution in [3.8, 4) is 0 Å². The fourth-order valence-electron chi connectivity index (χ4n) is 1.14. The summed E-state index contributed by atoms with van der Waals surface area (Å²) in [6.45, 7) is 0. The van der Waals surface area contributed by atoms with Crippen LogP contribution in [-0.2, 0) is 0 Å². The first-order chi connectivity index (χ1) is 5.83.